The van der Waals surface area contributed by atoms with Crippen molar-refractivity contribution in [2.24, 2.45) is 0 Å². The fourth-order valence-corrected chi connectivity index (χ4v) is 2.30. The predicted molar refractivity (Wildman–Crippen MR) is 88.9 cm³/mol. The maximum atomic E-state index is 4.55. The van der Waals surface area contributed by atoms with Gasteiger partial charge in [0.25, 0.3) is 0 Å². The summed E-state index contributed by atoms with van der Waals surface area (Å²) in [6.07, 6.45) is 5.51. The first-order chi connectivity index (χ1) is 11.3. The zero-order chi connectivity index (χ0) is 15.9. The summed E-state index contributed by atoms with van der Waals surface area (Å²) in [5, 5.41) is 11.5. The second kappa shape index (κ2) is 7.49. The van der Waals surface area contributed by atoms with E-state index in [0.29, 0.717) is 6.54 Å². The van der Waals surface area contributed by atoms with Crippen LogP contribution >= 0.6 is 0 Å². The van der Waals surface area contributed by atoms with Crippen molar-refractivity contribution in [3.8, 4) is 0 Å². The molecule has 3 aromatic rings. The second-order valence-corrected chi connectivity index (χ2v) is 5.35. The van der Waals surface area contributed by atoms with Gasteiger partial charge in [-0.25, -0.2) is 9.97 Å². The molecule has 1 N–H and O–H groups in total. The first-order valence-corrected chi connectivity index (χ1v) is 7.82. The number of benzene rings is 1. The Bertz CT molecular complexity index is 738. The van der Waals surface area contributed by atoms with Crippen LogP contribution in [0.5, 0.6) is 0 Å². The summed E-state index contributed by atoms with van der Waals surface area (Å²) >= 11 is 0. The molecule has 0 atom stereocenters. The summed E-state index contributed by atoms with van der Waals surface area (Å²) < 4.78 is 1.86. The van der Waals surface area contributed by atoms with Crippen LogP contribution in [0.25, 0.3) is 0 Å². The van der Waals surface area contributed by atoms with Crippen LogP contribution in [0.15, 0.2) is 48.8 Å². The molecular weight excluding hydrogens is 288 g/mol. The van der Waals surface area contributed by atoms with E-state index in [2.05, 4.69) is 44.7 Å². The van der Waals surface area contributed by atoms with Gasteiger partial charge in [0.15, 0.2) is 0 Å². The van der Waals surface area contributed by atoms with Crippen molar-refractivity contribution < 1.29 is 0 Å². The maximum Gasteiger partial charge on any atom is 0.135 e. The van der Waals surface area contributed by atoms with Crippen LogP contribution < -0.4 is 5.32 Å². The SMILES string of the molecule is CCCn1cc(CNc2ccnc(Cc3ccccc3)n2)nn1. The highest BCUT2D eigenvalue weighted by molar-refractivity contribution is 5.34. The lowest BCUT2D eigenvalue weighted by Crippen LogP contribution is -2.05. The minimum absolute atomic E-state index is 0.603. The van der Waals surface area contributed by atoms with Crippen molar-refractivity contribution in [2.45, 2.75) is 32.9 Å². The molecule has 0 aliphatic rings. The van der Waals surface area contributed by atoms with E-state index >= 15 is 0 Å². The van der Waals surface area contributed by atoms with E-state index in [1.807, 2.05) is 35.1 Å². The molecule has 3 rings (SSSR count). The molecule has 0 spiro atoms. The minimum atomic E-state index is 0.603. The van der Waals surface area contributed by atoms with Gasteiger partial charge in [0.2, 0.25) is 0 Å². The van der Waals surface area contributed by atoms with Gasteiger partial charge in [0.1, 0.15) is 17.3 Å². The van der Waals surface area contributed by atoms with Crippen molar-refractivity contribution in [3.05, 3.63) is 65.9 Å². The Hall–Kier alpha value is -2.76. The lowest BCUT2D eigenvalue weighted by Gasteiger charge is -2.05. The zero-order valence-corrected chi connectivity index (χ0v) is 13.2. The third kappa shape index (κ3) is 4.35. The molecule has 0 amide bonds. The summed E-state index contributed by atoms with van der Waals surface area (Å²) in [5.41, 5.74) is 2.11. The van der Waals surface area contributed by atoms with E-state index in [9.17, 15) is 0 Å². The summed E-state index contributed by atoms with van der Waals surface area (Å²) in [4.78, 5) is 8.88. The third-order valence-electron chi connectivity index (χ3n) is 3.40. The van der Waals surface area contributed by atoms with Gasteiger partial charge in [-0.1, -0.05) is 42.5 Å². The lowest BCUT2D eigenvalue weighted by atomic mass is 10.1. The minimum Gasteiger partial charge on any atom is -0.364 e. The van der Waals surface area contributed by atoms with Crippen molar-refractivity contribution in [3.63, 3.8) is 0 Å². The summed E-state index contributed by atoms with van der Waals surface area (Å²) in [6, 6.07) is 12.1. The van der Waals surface area contributed by atoms with Gasteiger partial charge in [0.05, 0.1) is 12.7 Å². The molecule has 0 unspecified atom stereocenters. The van der Waals surface area contributed by atoms with Gasteiger partial charge in [-0.2, -0.15) is 0 Å². The normalized spacial score (nSPS) is 10.7. The summed E-state index contributed by atoms with van der Waals surface area (Å²) in [7, 11) is 0. The molecule has 6 nitrogen and oxygen atoms in total. The highest BCUT2D eigenvalue weighted by Gasteiger charge is 2.03. The fourth-order valence-electron chi connectivity index (χ4n) is 2.30. The third-order valence-corrected chi connectivity index (χ3v) is 3.40. The molecule has 2 heterocycles. The number of nitrogens with one attached hydrogen (secondary N) is 1. The quantitative estimate of drug-likeness (QED) is 0.727. The number of rotatable bonds is 7. The molecule has 0 radical (unpaired) electrons. The van der Waals surface area contributed by atoms with Gasteiger partial charge >= 0.3 is 0 Å². The Morgan fingerprint density at radius 3 is 2.83 bits per heavy atom. The number of hydrogen-bond donors (Lipinski definition) is 1. The zero-order valence-electron chi connectivity index (χ0n) is 13.2. The van der Waals surface area contributed by atoms with Crippen LogP contribution in [-0.4, -0.2) is 25.0 Å². The van der Waals surface area contributed by atoms with Crippen molar-refractivity contribution in [1.82, 2.24) is 25.0 Å². The Kier molecular flexibility index (Phi) is 4.93. The predicted octanol–water partition coefficient (Wildman–Crippen LogP) is 2.68. The van der Waals surface area contributed by atoms with E-state index < -0.39 is 0 Å². The monoisotopic (exact) mass is 308 g/mol. The van der Waals surface area contributed by atoms with E-state index in [-0.39, 0.29) is 0 Å². The number of hydrogen-bond acceptors (Lipinski definition) is 5. The standard InChI is InChI=1S/C17H20N6/c1-2-10-23-13-15(21-22-23)12-19-16-8-9-18-17(20-16)11-14-6-4-3-5-7-14/h3-9,13H,2,10-12H2,1H3,(H,18,19,20). The molecule has 0 saturated heterocycles. The maximum absolute atomic E-state index is 4.55. The van der Waals surface area contributed by atoms with E-state index in [0.717, 1.165) is 36.7 Å². The van der Waals surface area contributed by atoms with Crippen molar-refractivity contribution >= 4 is 5.82 Å². The molecule has 23 heavy (non-hydrogen) atoms. The average Bonchev–Trinajstić information content (AvgIpc) is 3.02. The fraction of sp³-hybridized carbons (Fsp3) is 0.294. The molecule has 2 aromatic heterocycles. The Morgan fingerprint density at radius 1 is 1.13 bits per heavy atom. The number of anilines is 1. The topological polar surface area (TPSA) is 68.5 Å². The molecule has 0 aliphatic heterocycles. The number of aromatic nitrogens is 5. The van der Waals surface area contributed by atoms with Crippen LogP contribution in [0.2, 0.25) is 0 Å². The van der Waals surface area contributed by atoms with Crippen molar-refractivity contribution in [2.75, 3.05) is 5.32 Å². The highest BCUT2D eigenvalue weighted by atomic mass is 15.4. The largest absolute Gasteiger partial charge is 0.364 e. The van der Waals surface area contributed by atoms with Crippen molar-refractivity contribution in [1.29, 1.82) is 0 Å². The summed E-state index contributed by atoms with van der Waals surface area (Å²) in [6.45, 7) is 3.61. The lowest BCUT2D eigenvalue weighted by molar-refractivity contribution is 0.579. The number of nitrogens with zero attached hydrogens (tertiary/aromatic N) is 5. The number of aryl methyl sites for hydroxylation is 1. The van der Waals surface area contributed by atoms with Gasteiger partial charge in [-0.3, -0.25) is 4.68 Å². The Labute approximate surface area is 135 Å². The summed E-state index contributed by atoms with van der Waals surface area (Å²) in [5.74, 6) is 1.60. The Balaban J connectivity index is 1.60. The molecular formula is C17H20N6. The smallest absolute Gasteiger partial charge is 0.135 e. The first-order valence-electron chi connectivity index (χ1n) is 7.82. The molecule has 0 saturated carbocycles. The highest BCUT2D eigenvalue weighted by Crippen LogP contribution is 2.09. The molecule has 6 heteroatoms. The molecule has 118 valence electrons. The Morgan fingerprint density at radius 2 is 2.00 bits per heavy atom. The second-order valence-electron chi connectivity index (χ2n) is 5.35. The van der Waals surface area contributed by atoms with Gasteiger partial charge in [-0.15, -0.1) is 5.10 Å². The first kappa shape index (κ1) is 15.1. The van der Waals surface area contributed by atoms with Crippen LogP contribution in [-0.2, 0) is 19.5 Å². The molecule has 1 aromatic carbocycles. The van der Waals surface area contributed by atoms with Crippen LogP contribution in [0.4, 0.5) is 5.82 Å². The van der Waals surface area contributed by atoms with Crippen LogP contribution in [0.3, 0.4) is 0 Å². The molecule has 0 bridgehead atoms. The van der Waals surface area contributed by atoms with Gasteiger partial charge in [0, 0.05) is 19.2 Å². The van der Waals surface area contributed by atoms with E-state index in [4.69, 9.17) is 0 Å². The van der Waals surface area contributed by atoms with Crippen LogP contribution in [0, 0.1) is 0 Å². The van der Waals surface area contributed by atoms with E-state index in [1.54, 1.807) is 6.20 Å². The van der Waals surface area contributed by atoms with Gasteiger partial charge < -0.3 is 5.32 Å². The average molecular weight is 308 g/mol. The van der Waals surface area contributed by atoms with E-state index in [1.165, 1.54) is 5.56 Å². The molecule has 0 fully saturated rings. The van der Waals surface area contributed by atoms with Crippen LogP contribution in [0.1, 0.15) is 30.4 Å². The van der Waals surface area contributed by atoms with Gasteiger partial charge in [-0.05, 0) is 18.1 Å². The molecule has 0 aliphatic carbocycles.